The molecule has 1 aliphatic carbocycles. The Hall–Kier alpha value is -1.55. The molecule has 0 radical (unpaired) electrons. The summed E-state index contributed by atoms with van der Waals surface area (Å²) in [5.41, 5.74) is 3.58. The van der Waals surface area contributed by atoms with E-state index in [9.17, 15) is 4.79 Å². The van der Waals surface area contributed by atoms with E-state index in [1.807, 2.05) is 13.0 Å². The second kappa shape index (κ2) is 5.23. The van der Waals surface area contributed by atoms with E-state index in [1.54, 1.807) is 0 Å². The molecule has 0 bridgehead atoms. The molecule has 1 heterocycles. The summed E-state index contributed by atoms with van der Waals surface area (Å²) in [4.78, 5) is 12.1. The largest absolute Gasteiger partial charge is 0.543 e. The van der Waals surface area contributed by atoms with Crippen LogP contribution in [0.1, 0.15) is 43.9 Å². The molecule has 0 saturated heterocycles. The first-order valence-corrected chi connectivity index (χ1v) is 11.3. The van der Waals surface area contributed by atoms with Crippen LogP contribution in [0.5, 0.6) is 5.75 Å². The maximum Gasteiger partial charge on any atom is 0.339 e. The third kappa shape index (κ3) is 2.73. The Balaban J connectivity index is 2.15. The van der Waals surface area contributed by atoms with Crippen LogP contribution in [-0.2, 0) is 12.8 Å². The van der Waals surface area contributed by atoms with Gasteiger partial charge in [-0.25, -0.2) is 4.79 Å². The lowest BCUT2D eigenvalue weighted by atomic mass is 10.0. The summed E-state index contributed by atoms with van der Waals surface area (Å²) >= 11 is 0. The molecule has 3 rings (SSSR count). The van der Waals surface area contributed by atoms with Crippen LogP contribution in [0.15, 0.2) is 21.3 Å². The smallest absolute Gasteiger partial charge is 0.339 e. The minimum absolute atomic E-state index is 0.152. The number of hydrogen-bond acceptors (Lipinski definition) is 3. The molecule has 0 N–H and O–H groups in total. The monoisotopic (exact) mass is 330 g/mol. The summed E-state index contributed by atoms with van der Waals surface area (Å²) < 4.78 is 12.1. The maximum atomic E-state index is 12.1. The highest BCUT2D eigenvalue weighted by Crippen LogP contribution is 2.39. The highest BCUT2D eigenvalue weighted by Gasteiger charge is 2.39. The van der Waals surface area contributed by atoms with Gasteiger partial charge < -0.3 is 8.84 Å². The Morgan fingerprint density at radius 1 is 1.13 bits per heavy atom. The van der Waals surface area contributed by atoms with Crippen molar-refractivity contribution in [2.75, 3.05) is 0 Å². The predicted octanol–water partition coefficient (Wildman–Crippen LogP) is 4.97. The van der Waals surface area contributed by atoms with Crippen molar-refractivity contribution in [2.45, 2.75) is 65.1 Å². The number of benzene rings is 1. The van der Waals surface area contributed by atoms with E-state index in [0.29, 0.717) is 5.58 Å². The molecule has 0 unspecified atom stereocenters. The Bertz CT molecular complexity index is 825. The van der Waals surface area contributed by atoms with Gasteiger partial charge in [0.15, 0.2) is 0 Å². The zero-order chi connectivity index (χ0) is 17.0. The zero-order valence-electron chi connectivity index (χ0n) is 15.0. The molecule has 1 aliphatic rings. The molecule has 124 valence electrons. The molecule has 4 heteroatoms. The fourth-order valence-electron chi connectivity index (χ4n) is 2.95. The van der Waals surface area contributed by atoms with Gasteiger partial charge >= 0.3 is 5.63 Å². The summed E-state index contributed by atoms with van der Waals surface area (Å²) in [6, 6.07) is 4.05. The fraction of sp³-hybridized carbons (Fsp3) is 0.526. The number of rotatable bonds is 2. The number of fused-ring (bicyclic) bond motifs is 3. The molecule has 3 nitrogen and oxygen atoms in total. The summed E-state index contributed by atoms with van der Waals surface area (Å²) in [6.45, 7) is 13.3. The average Bonchev–Trinajstić information content (AvgIpc) is 2.89. The van der Waals surface area contributed by atoms with E-state index in [4.69, 9.17) is 8.84 Å². The van der Waals surface area contributed by atoms with Crippen molar-refractivity contribution in [2.24, 2.45) is 0 Å². The molecule has 0 atom stereocenters. The lowest BCUT2D eigenvalue weighted by molar-refractivity contribution is 0.488. The Morgan fingerprint density at radius 3 is 2.43 bits per heavy atom. The first kappa shape index (κ1) is 16.3. The standard InChI is InChI=1S/C19H26O3Si/c1-12-10-17-15(13-8-7-9-14(13)18(20)21-17)11-16(12)22-23(5,6)19(2,3)4/h10-11H,7-9H2,1-6H3. The van der Waals surface area contributed by atoms with Crippen molar-refractivity contribution in [3.8, 4) is 5.75 Å². The highest BCUT2D eigenvalue weighted by molar-refractivity contribution is 6.74. The van der Waals surface area contributed by atoms with Crippen molar-refractivity contribution in [1.82, 2.24) is 0 Å². The van der Waals surface area contributed by atoms with Gasteiger partial charge in [-0.2, -0.15) is 0 Å². The van der Waals surface area contributed by atoms with Gasteiger partial charge in [-0.05, 0) is 67.6 Å². The molecular weight excluding hydrogens is 304 g/mol. The van der Waals surface area contributed by atoms with Gasteiger partial charge in [0.1, 0.15) is 11.3 Å². The normalized spacial score (nSPS) is 15.0. The molecule has 1 aromatic heterocycles. The van der Waals surface area contributed by atoms with Gasteiger partial charge in [-0.1, -0.05) is 20.8 Å². The summed E-state index contributed by atoms with van der Waals surface area (Å²) in [5.74, 6) is 0.937. The zero-order valence-corrected chi connectivity index (χ0v) is 16.0. The molecular formula is C19H26O3Si. The van der Waals surface area contributed by atoms with Gasteiger partial charge in [0, 0.05) is 10.9 Å². The van der Waals surface area contributed by atoms with Crippen LogP contribution in [0.25, 0.3) is 11.0 Å². The van der Waals surface area contributed by atoms with Crippen LogP contribution in [0.3, 0.4) is 0 Å². The van der Waals surface area contributed by atoms with Crippen molar-refractivity contribution >= 4 is 19.3 Å². The van der Waals surface area contributed by atoms with Crippen LogP contribution in [-0.4, -0.2) is 8.32 Å². The van der Waals surface area contributed by atoms with Crippen LogP contribution in [0, 0.1) is 6.92 Å². The van der Waals surface area contributed by atoms with Crippen LogP contribution >= 0.6 is 0 Å². The number of aryl methyl sites for hydroxylation is 2. The molecule has 2 aromatic rings. The Morgan fingerprint density at radius 2 is 1.78 bits per heavy atom. The summed E-state index contributed by atoms with van der Waals surface area (Å²) in [7, 11) is -1.89. The highest BCUT2D eigenvalue weighted by atomic mass is 28.4. The second-order valence-corrected chi connectivity index (χ2v) is 12.9. The van der Waals surface area contributed by atoms with Gasteiger partial charge in [0.2, 0.25) is 8.32 Å². The quantitative estimate of drug-likeness (QED) is 0.576. The van der Waals surface area contributed by atoms with E-state index in [1.165, 1.54) is 0 Å². The average molecular weight is 331 g/mol. The van der Waals surface area contributed by atoms with E-state index >= 15 is 0 Å². The van der Waals surface area contributed by atoms with E-state index in [0.717, 1.165) is 47.1 Å². The SMILES string of the molecule is Cc1cc2oc(=O)c3c(c2cc1O[Si](C)(C)C(C)(C)C)CCC3. The molecule has 0 spiro atoms. The summed E-state index contributed by atoms with van der Waals surface area (Å²) in [6.07, 6.45) is 2.82. The van der Waals surface area contributed by atoms with E-state index in [-0.39, 0.29) is 10.7 Å². The lowest BCUT2D eigenvalue weighted by Crippen LogP contribution is -2.44. The summed E-state index contributed by atoms with van der Waals surface area (Å²) in [5, 5.41) is 1.20. The number of hydrogen-bond donors (Lipinski definition) is 0. The fourth-order valence-corrected chi connectivity index (χ4v) is 4.02. The lowest BCUT2D eigenvalue weighted by Gasteiger charge is -2.37. The minimum Gasteiger partial charge on any atom is -0.543 e. The Labute approximate surface area is 138 Å². The van der Waals surface area contributed by atoms with Gasteiger partial charge in [-0.3, -0.25) is 0 Å². The third-order valence-electron chi connectivity index (χ3n) is 5.44. The molecule has 0 aliphatic heterocycles. The predicted molar refractivity (Wildman–Crippen MR) is 97.1 cm³/mol. The van der Waals surface area contributed by atoms with Crippen molar-refractivity contribution < 1.29 is 8.84 Å². The van der Waals surface area contributed by atoms with Crippen LogP contribution < -0.4 is 10.1 Å². The molecule has 1 aromatic carbocycles. The van der Waals surface area contributed by atoms with Crippen molar-refractivity contribution in [3.05, 3.63) is 39.2 Å². The topological polar surface area (TPSA) is 39.4 Å². The maximum absolute atomic E-state index is 12.1. The van der Waals surface area contributed by atoms with Gasteiger partial charge in [0.05, 0.1) is 0 Å². The van der Waals surface area contributed by atoms with Crippen molar-refractivity contribution in [1.29, 1.82) is 0 Å². The molecule has 23 heavy (non-hydrogen) atoms. The van der Waals surface area contributed by atoms with Crippen LogP contribution in [0.4, 0.5) is 0 Å². The minimum atomic E-state index is -1.89. The first-order valence-electron chi connectivity index (χ1n) is 8.38. The van der Waals surface area contributed by atoms with Crippen LogP contribution in [0.2, 0.25) is 18.1 Å². The van der Waals surface area contributed by atoms with E-state index < -0.39 is 8.32 Å². The molecule has 0 amide bonds. The van der Waals surface area contributed by atoms with Gasteiger partial charge in [-0.15, -0.1) is 0 Å². The van der Waals surface area contributed by atoms with Crippen molar-refractivity contribution in [3.63, 3.8) is 0 Å². The third-order valence-corrected chi connectivity index (χ3v) is 9.78. The second-order valence-electron chi connectivity index (χ2n) is 8.18. The van der Waals surface area contributed by atoms with Gasteiger partial charge in [0.25, 0.3) is 0 Å². The molecule has 0 saturated carbocycles. The Kier molecular flexibility index (Phi) is 3.71. The molecule has 0 fully saturated rings. The van der Waals surface area contributed by atoms with E-state index in [2.05, 4.69) is 39.9 Å². The first-order chi connectivity index (χ1) is 10.6.